The minimum absolute atomic E-state index is 0.0513. The zero-order valence-electron chi connectivity index (χ0n) is 16.6. The number of rotatable bonds is 4. The van der Waals surface area contributed by atoms with Gasteiger partial charge in [-0.05, 0) is 41.1 Å². The zero-order chi connectivity index (χ0) is 20.6. The Morgan fingerprint density at radius 3 is 2.55 bits per heavy atom. The number of hydrogen-bond donors (Lipinski definition) is 1. The molecule has 150 valence electrons. The number of hydrogen-bond acceptors (Lipinski definition) is 3. The Morgan fingerprint density at radius 2 is 1.76 bits per heavy atom. The van der Waals surface area contributed by atoms with E-state index in [4.69, 9.17) is 0 Å². The molecule has 1 aliphatic rings. The maximum Gasteiger partial charge on any atom is 0.262 e. The van der Waals surface area contributed by atoms with E-state index in [1.54, 1.807) is 18.2 Å². The second-order valence-electron chi connectivity index (χ2n) is 7.73. The van der Waals surface area contributed by atoms with Gasteiger partial charge in [0.2, 0.25) is 5.91 Å². The zero-order valence-corrected chi connectivity index (χ0v) is 17.4. The first-order chi connectivity index (χ1) is 13.8. The molecular weight excluding hydrogens is 384 g/mol. The van der Waals surface area contributed by atoms with Crippen LogP contribution < -0.4 is 4.72 Å². The highest BCUT2D eigenvalue weighted by molar-refractivity contribution is 7.93. The van der Waals surface area contributed by atoms with Gasteiger partial charge in [0.15, 0.2) is 0 Å². The van der Waals surface area contributed by atoms with Crippen molar-refractivity contribution in [3.8, 4) is 0 Å². The van der Waals surface area contributed by atoms with Crippen LogP contribution in [0.4, 0.5) is 5.69 Å². The van der Waals surface area contributed by atoms with Gasteiger partial charge in [-0.2, -0.15) is 0 Å². The van der Waals surface area contributed by atoms with Gasteiger partial charge >= 0.3 is 0 Å². The molecule has 0 atom stereocenters. The molecule has 1 N–H and O–H groups in total. The summed E-state index contributed by atoms with van der Waals surface area (Å²) in [5.41, 5.74) is 2.66. The molecule has 4 rings (SSSR count). The van der Waals surface area contributed by atoms with Crippen LogP contribution in [0, 0.1) is 5.92 Å². The molecule has 0 aromatic heterocycles. The molecule has 0 radical (unpaired) electrons. The number of fused-ring (bicyclic) bond motifs is 2. The predicted octanol–water partition coefficient (Wildman–Crippen LogP) is 4.18. The number of nitrogens with zero attached hydrogens (tertiary/aromatic N) is 1. The van der Waals surface area contributed by atoms with Crippen LogP contribution in [0.15, 0.2) is 65.6 Å². The van der Waals surface area contributed by atoms with Crippen LogP contribution in [0.1, 0.15) is 25.0 Å². The van der Waals surface area contributed by atoms with Gasteiger partial charge in [0.1, 0.15) is 0 Å². The first-order valence-corrected chi connectivity index (χ1v) is 11.2. The fourth-order valence-electron chi connectivity index (χ4n) is 3.81. The van der Waals surface area contributed by atoms with E-state index in [1.165, 1.54) is 0 Å². The molecule has 0 bridgehead atoms. The van der Waals surface area contributed by atoms with Gasteiger partial charge in [0, 0.05) is 30.1 Å². The van der Waals surface area contributed by atoms with E-state index in [0.717, 1.165) is 22.9 Å². The molecular formula is C23H24N2O3S. The average Bonchev–Trinajstić information content (AvgIpc) is 2.71. The standard InChI is InChI=1S/C23H24N2O3S/c1-16(2)23(26)25-13-12-17-10-11-20(14-19(17)15-25)24-29(27,28)22-9-5-7-18-6-3-4-8-21(18)22/h3-11,14,16,24H,12-13,15H2,1-2H3. The van der Waals surface area contributed by atoms with Crippen molar-refractivity contribution in [2.45, 2.75) is 31.7 Å². The maximum absolute atomic E-state index is 13.1. The Labute approximate surface area is 171 Å². The number of sulfonamides is 1. The van der Waals surface area contributed by atoms with Crippen molar-refractivity contribution in [2.75, 3.05) is 11.3 Å². The molecule has 5 nitrogen and oxygen atoms in total. The van der Waals surface area contributed by atoms with Gasteiger partial charge in [-0.3, -0.25) is 9.52 Å². The summed E-state index contributed by atoms with van der Waals surface area (Å²) >= 11 is 0. The minimum Gasteiger partial charge on any atom is -0.338 e. The van der Waals surface area contributed by atoms with Crippen LogP contribution in [0.25, 0.3) is 10.8 Å². The van der Waals surface area contributed by atoms with Crippen molar-refractivity contribution in [1.29, 1.82) is 0 Å². The quantitative estimate of drug-likeness (QED) is 0.704. The molecule has 0 saturated carbocycles. The number of carbonyl (C=O) groups is 1. The summed E-state index contributed by atoms with van der Waals surface area (Å²) in [5, 5.41) is 1.57. The Kier molecular flexibility index (Phi) is 5.04. The topological polar surface area (TPSA) is 66.5 Å². The van der Waals surface area contributed by atoms with Crippen LogP contribution >= 0.6 is 0 Å². The molecule has 1 amide bonds. The van der Waals surface area contributed by atoms with E-state index >= 15 is 0 Å². The third kappa shape index (κ3) is 3.85. The Balaban J connectivity index is 1.63. The highest BCUT2D eigenvalue weighted by atomic mass is 32.2. The fraction of sp³-hybridized carbons (Fsp3) is 0.261. The van der Waals surface area contributed by atoms with Crippen LogP contribution in [0.2, 0.25) is 0 Å². The molecule has 0 spiro atoms. The molecule has 29 heavy (non-hydrogen) atoms. The van der Waals surface area contributed by atoms with E-state index in [9.17, 15) is 13.2 Å². The van der Waals surface area contributed by atoms with Crippen LogP contribution in [-0.2, 0) is 27.8 Å². The lowest BCUT2D eigenvalue weighted by atomic mass is 9.98. The monoisotopic (exact) mass is 408 g/mol. The first kappa shape index (κ1) is 19.5. The lowest BCUT2D eigenvalue weighted by Gasteiger charge is -2.30. The van der Waals surface area contributed by atoms with Crippen molar-refractivity contribution in [2.24, 2.45) is 5.92 Å². The van der Waals surface area contributed by atoms with Gasteiger partial charge in [0.05, 0.1) is 4.90 Å². The van der Waals surface area contributed by atoms with Gasteiger partial charge in [-0.25, -0.2) is 8.42 Å². The van der Waals surface area contributed by atoms with Crippen LogP contribution in [0.3, 0.4) is 0 Å². The van der Waals surface area contributed by atoms with Gasteiger partial charge in [-0.1, -0.05) is 56.3 Å². The normalized spacial score (nSPS) is 14.1. The number of amides is 1. The van der Waals surface area contributed by atoms with Crippen molar-refractivity contribution < 1.29 is 13.2 Å². The molecule has 3 aromatic carbocycles. The molecule has 0 saturated heterocycles. The summed E-state index contributed by atoms with van der Waals surface area (Å²) < 4.78 is 28.9. The fourth-order valence-corrected chi connectivity index (χ4v) is 5.09. The molecule has 6 heteroatoms. The van der Waals surface area contributed by atoms with E-state index in [-0.39, 0.29) is 16.7 Å². The van der Waals surface area contributed by atoms with Gasteiger partial charge in [-0.15, -0.1) is 0 Å². The molecule has 1 heterocycles. The summed E-state index contributed by atoms with van der Waals surface area (Å²) in [6, 6.07) is 18.3. The molecule has 0 fully saturated rings. The van der Waals surface area contributed by atoms with Crippen molar-refractivity contribution >= 4 is 32.4 Å². The second kappa shape index (κ2) is 7.52. The van der Waals surface area contributed by atoms with E-state index in [2.05, 4.69) is 4.72 Å². The summed E-state index contributed by atoms with van der Waals surface area (Å²) in [6.07, 6.45) is 0.782. The van der Waals surface area contributed by atoms with Crippen LogP contribution in [0.5, 0.6) is 0 Å². The SMILES string of the molecule is CC(C)C(=O)N1CCc2ccc(NS(=O)(=O)c3cccc4ccccc34)cc2C1. The number of nitrogens with one attached hydrogen (secondary N) is 1. The number of carbonyl (C=O) groups excluding carboxylic acids is 1. The van der Waals surface area contributed by atoms with Gasteiger partial charge in [0.25, 0.3) is 10.0 Å². The molecule has 3 aromatic rings. The third-order valence-corrected chi connectivity index (χ3v) is 6.75. The van der Waals surface area contributed by atoms with Crippen LogP contribution in [-0.4, -0.2) is 25.8 Å². The predicted molar refractivity (Wildman–Crippen MR) is 115 cm³/mol. The third-order valence-electron chi connectivity index (χ3n) is 5.32. The summed E-state index contributed by atoms with van der Waals surface area (Å²) in [7, 11) is -3.74. The minimum atomic E-state index is -3.74. The second-order valence-corrected chi connectivity index (χ2v) is 9.38. The Morgan fingerprint density at radius 1 is 1.00 bits per heavy atom. The van der Waals surface area contributed by atoms with E-state index in [0.29, 0.717) is 24.2 Å². The Bertz CT molecular complexity index is 1180. The molecule has 0 unspecified atom stereocenters. The highest BCUT2D eigenvalue weighted by Gasteiger charge is 2.23. The molecule has 0 aliphatic carbocycles. The first-order valence-electron chi connectivity index (χ1n) is 9.76. The van der Waals surface area contributed by atoms with Crippen molar-refractivity contribution in [3.63, 3.8) is 0 Å². The summed E-state index contributed by atoms with van der Waals surface area (Å²) in [6.45, 7) is 5.00. The maximum atomic E-state index is 13.1. The largest absolute Gasteiger partial charge is 0.338 e. The van der Waals surface area contributed by atoms with Crippen molar-refractivity contribution in [1.82, 2.24) is 4.90 Å². The van der Waals surface area contributed by atoms with Gasteiger partial charge < -0.3 is 4.90 Å². The number of benzene rings is 3. The summed E-state index contributed by atoms with van der Waals surface area (Å²) in [4.78, 5) is 14.4. The van der Waals surface area contributed by atoms with Crippen molar-refractivity contribution in [3.05, 3.63) is 71.8 Å². The molecule has 1 aliphatic heterocycles. The highest BCUT2D eigenvalue weighted by Crippen LogP contribution is 2.28. The lowest BCUT2D eigenvalue weighted by molar-refractivity contribution is -0.135. The lowest BCUT2D eigenvalue weighted by Crippen LogP contribution is -2.38. The number of anilines is 1. The Hall–Kier alpha value is -2.86. The smallest absolute Gasteiger partial charge is 0.262 e. The summed E-state index contributed by atoms with van der Waals surface area (Å²) in [5.74, 6) is 0.0713. The van der Waals surface area contributed by atoms with E-state index < -0.39 is 10.0 Å². The average molecular weight is 409 g/mol. The van der Waals surface area contributed by atoms with E-state index in [1.807, 2.05) is 61.2 Å².